The van der Waals surface area contributed by atoms with Crippen molar-refractivity contribution < 1.29 is 9.13 Å². The number of methoxy groups -OCH3 is 1. The van der Waals surface area contributed by atoms with Crippen molar-refractivity contribution in [2.75, 3.05) is 7.11 Å². The van der Waals surface area contributed by atoms with Crippen LogP contribution in [0, 0.1) is 5.82 Å². The number of hydrogen-bond acceptors (Lipinski definition) is 3. The summed E-state index contributed by atoms with van der Waals surface area (Å²) in [5.74, 6) is 0.398. The Morgan fingerprint density at radius 1 is 1.20 bits per heavy atom. The molecule has 0 aliphatic carbocycles. The second-order valence-corrected chi connectivity index (χ2v) is 7.70. The maximum Gasteiger partial charge on any atom is 0.253 e. The van der Waals surface area contributed by atoms with Gasteiger partial charge in [0, 0.05) is 24.2 Å². The highest BCUT2D eigenvalue weighted by Crippen LogP contribution is 2.19. The molecule has 0 spiro atoms. The number of aromatic amines is 1. The molecule has 3 aromatic rings. The minimum absolute atomic E-state index is 0.175. The van der Waals surface area contributed by atoms with Crippen LogP contribution in [-0.4, -0.2) is 28.1 Å². The summed E-state index contributed by atoms with van der Waals surface area (Å²) in [5, 5.41) is 4.78. The summed E-state index contributed by atoms with van der Waals surface area (Å²) < 4.78 is 18.5. The molecule has 1 atom stereocenters. The van der Waals surface area contributed by atoms with E-state index in [9.17, 15) is 9.18 Å². The molecule has 2 aromatic carbocycles. The van der Waals surface area contributed by atoms with Crippen molar-refractivity contribution in [1.29, 1.82) is 0 Å². The Morgan fingerprint density at radius 2 is 1.93 bits per heavy atom. The lowest BCUT2D eigenvalue weighted by Crippen LogP contribution is -2.43. The quantitative estimate of drug-likeness (QED) is 0.549. The van der Waals surface area contributed by atoms with E-state index in [1.807, 2.05) is 23.1 Å². The first kappa shape index (κ1) is 21.8. The van der Waals surface area contributed by atoms with E-state index >= 15 is 0 Å². The van der Waals surface area contributed by atoms with E-state index in [1.165, 1.54) is 12.1 Å². The Morgan fingerprint density at radius 3 is 2.60 bits per heavy atom. The molecular formula is C23H26FN3O2S. The molecule has 1 aromatic heterocycles. The molecule has 3 rings (SSSR count). The Hall–Kier alpha value is -2.93. The first-order chi connectivity index (χ1) is 14.4. The summed E-state index contributed by atoms with van der Waals surface area (Å²) in [5.41, 5.74) is 2.05. The minimum Gasteiger partial charge on any atom is -0.497 e. The standard InChI is InChI=1S/C23H26FN3O2S/c1-4-15(2)25-23(30)27(13-16-5-8-19(24)9-6-16)14-18-11-17-7-10-20(29-3)12-21(17)26-22(18)28/h5-12,15H,4,13-14H2,1-3H3,(H,25,30)(H,26,28)/t15-/m1/s1. The van der Waals surface area contributed by atoms with Gasteiger partial charge in [0.05, 0.1) is 19.2 Å². The van der Waals surface area contributed by atoms with Crippen LogP contribution < -0.4 is 15.6 Å². The molecule has 0 saturated heterocycles. The minimum atomic E-state index is -0.285. The molecule has 0 aliphatic heterocycles. The largest absolute Gasteiger partial charge is 0.497 e. The van der Waals surface area contributed by atoms with E-state index < -0.39 is 0 Å². The van der Waals surface area contributed by atoms with Gasteiger partial charge in [-0.05, 0) is 66.8 Å². The SMILES string of the molecule is CC[C@@H](C)NC(=S)N(Cc1ccc(F)cc1)Cc1cc2ccc(OC)cc2[nH]c1=O. The van der Waals surface area contributed by atoms with Crippen LogP contribution in [0.4, 0.5) is 4.39 Å². The van der Waals surface area contributed by atoms with E-state index in [-0.39, 0.29) is 17.4 Å². The molecule has 7 heteroatoms. The molecule has 158 valence electrons. The smallest absolute Gasteiger partial charge is 0.253 e. The van der Waals surface area contributed by atoms with Gasteiger partial charge in [-0.25, -0.2) is 4.39 Å². The van der Waals surface area contributed by atoms with Crippen molar-refractivity contribution >= 4 is 28.2 Å². The van der Waals surface area contributed by atoms with Crippen molar-refractivity contribution in [3.8, 4) is 5.75 Å². The zero-order valence-electron chi connectivity index (χ0n) is 17.4. The Balaban J connectivity index is 1.90. The van der Waals surface area contributed by atoms with E-state index in [0.29, 0.717) is 35.0 Å². The first-order valence-electron chi connectivity index (χ1n) is 9.89. The Labute approximate surface area is 180 Å². The molecule has 0 radical (unpaired) electrons. The molecule has 0 saturated carbocycles. The van der Waals surface area contributed by atoms with Crippen LogP contribution in [-0.2, 0) is 13.1 Å². The lowest BCUT2D eigenvalue weighted by molar-refractivity contribution is 0.390. The van der Waals surface area contributed by atoms with Gasteiger partial charge in [0.2, 0.25) is 0 Å². The van der Waals surface area contributed by atoms with Crippen LogP contribution in [0.3, 0.4) is 0 Å². The fourth-order valence-electron chi connectivity index (χ4n) is 3.09. The monoisotopic (exact) mass is 427 g/mol. The van der Waals surface area contributed by atoms with Gasteiger partial charge in [-0.3, -0.25) is 4.79 Å². The van der Waals surface area contributed by atoms with Gasteiger partial charge in [-0.15, -0.1) is 0 Å². The summed E-state index contributed by atoms with van der Waals surface area (Å²) in [7, 11) is 1.59. The zero-order chi connectivity index (χ0) is 21.7. The summed E-state index contributed by atoms with van der Waals surface area (Å²) in [4.78, 5) is 17.6. The van der Waals surface area contributed by atoms with Gasteiger partial charge < -0.3 is 19.9 Å². The summed E-state index contributed by atoms with van der Waals surface area (Å²) in [6, 6.07) is 13.9. The predicted octanol–water partition coefficient (Wildman–Crippen LogP) is 4.35. The van der Waals surface area contributed by atoms with Crippen molar-refractivity contribution in [2.24, 2.45) is 0 Å². The molecule has 5 nitrogen and oxygen atoms in total. The third-order valence-corrected chi connectivity index (χ3v) is 5.42. The topological polar surface area (TPSA) is 57.4 Å². The number of halogens is 1. The molecule has 0 aliphatic rings. The molecule has 30 heavy (non-hydrogen) atoms. The number of benzene rings is 2. The fraction of sp³-hybridized carbons (Fsp3) is 0.304. The van der Waals surface area contributed by atoms with Gasteiger partial charge in [-0.2, -0.15) is 0 Å². The summed E-state index contributed by atoms with van der Waals surface area (Å²) in [6.07, 6.45) is 0.920. The van der Waals surface area contributed by atoms with Crippen LogP contribution in [0.2, 0.25) is 0 Å². The summed E-state index contributed by atoms with van der Waals surface area (Å²) in [6.45, 7) is 4.92. The maximum atomic E-state index is 13.3. The number of H-pyrrole nitrogens is 1. The van der Waals surface area contributed by atoms with Crippen LogP contribution in [0.15, 0.2) is 53.3 Å². The molecule has 2 N–H and O–H groups in total. The highest BCUT2D eigenvalue weighted by molar-refractivity contribution is 7.80. The molecule has 0 amide bonds. The van der Waals surface area contributed by atoms with Gasteiger partial charge in [0.15, 0.2) is 5.11 Å². The normalized spacial score (nSPS) is 11.9. The van der Waals surface area contributed by atoms with Gasteiger partial charge in [-0.1, -0.05) is 19.1 Å². The molecular weight excluding hydrogens is 401 g/mol. The fourth-order valence-corrected chi connectivity index (χ4v) is 3.42. The predicted molar refractivity (Wildman–Crippen MR) is 122 cm³/mol. The number of aromatic nitrogens is 1. The number of nitrogens with zero attached hydrogens (tertiary/aromatic N) is 1. The van der Waals surface area contributed by atoms with Crippen LogP contribution in [0.1, 0.15) is 31.4 Å². The molecule has 1 heterocycles. The van der Waals surface area contributed by atoms with Crippen molar-refractivity contribution in [3.63, 3.8) is 0 Å². The number of hydrogen-bond donors (Lipinski definition) is 2. The van der Waals surface area contributed by atoms with Crippen molar-refractivity contribution in [2.45, 2.75) is 39.4 Å². The highest BCUT2D eigenvalue weighted by Gasteiger charge is 2.15. The van der Waals surface area contributed by atoms with E-state index in [2.05, 4.69) is 24.1 Å². The average Bonchev–Trinajstić information content (AvgIpc) is 2.74. The number of thiocarbonyl (C=S) groups is 1. The average molecular weight is 428 g/mol. The number of ether oxygens (including phenoxy) is 1. The van der Waals surface area contributed by atoms with Crippen molar-refractivity contribution in [3.05, 3.63) is 75.8 Å². The number of nitrogens with one attached hydrogen (secondary N) is 2. The highest BCUT2D eigenvalue weighted by atomic mass is 32.1. The third-order valence-electron chi connectivity index (χ3n) is 5.05. The van der Waals surface area contributed by atoms with E-state index in [0.717, 1.165) is 17.4 Å². The molecule has 0 fully saturated rings. The number of fused-ring (bicyclic) bond motifs is 1. The van der Waals surface area contributed by atoms with Crippen molar-refractivity contribution in [1.82, 2.24) is 15.2 Å². The second kappa shape index (κ2) is 9.71. The lowest BCUT2D eigenvalue weighted by Gasteiger charge is -2.28. The van der Waals surface area contributed by atoms with Gasteiger partial charge in [0.1, 0.15) is 11.6 Å². The van der Waals surface area contributed by atoms with E-state index in [4.69, 9.17) is 17.0 Å². The van der Waals surface area contributed by atoms with Crippen LogP contribution >= 0.6 is 12.2 Å². The second-order valence-electron chi connectivity index (χ2n) is 7.32. The first-order valence-corrected chi connectivity index (χ1v) is 10.3. The van der Waals surface area contributed by atoms with Crippen LogP contribution in [0.25, 0.3) is 10.9 Å². The van der Waals surface area contributed by atoms with Crippen LogP contribution in [0.5, 0.6) is 5.75 Å². The Kier molecular flexibility index (Phi) is 7.05. The Bertz CT molecular complexity index is 1080. The summed E-state index contributed by atoms with van der Waals surface area (Å²) >= 11 is 5.63. The molecule has 0 unspecified atom stereocenters. The van der Waals surface area contributed by atoms with Gasteiger partial charge in [0.25, 0.3) is 5.56 Å². The lowest BCUT2D eigenvalue weighted by atomic mass is 10.1. The third kappa shape index (κ3) is 5.36. The maximum absolute atomic E-state index is 13.3. The van der Waals surface area contributed by atoms with E-state index in [1.54, 1.807) is 25.3 Å². The van der Waals surface area contributed by atoms with Gasteiger partial charge >= 0.3 is 0 Å². The number of rotatable bonds is 7. The number of pyridine rings is 1. The molecule has 0 bridgehead atoms. The zero-order valence-corrected chi connectivity index (χ0v) is 18.2.